The van der Waals surface area contributed by atoms with Crippen LogP contribution in [0.1, 0.15) is 44.4 Å². The van der Waals surface area contributed by atoms with E-state index in [1.807, 2.05) is 20.8 Å². The Bertz CT molecular complexity index is 520. The molecule has 0 atom stereocenters. The van der Waals surface area contributed by atoms with E-state index in [0.29, 0.717) is 6.54 Å². The molecular weight excluding hydrogens is 318 g/mol. The fraction of sp³-hybridized carbons (Fsp3) is 0.562. The maximum absolute atomic E-state index is 12.1. The van der Waals surface area contributed by atoms with Crippen LogP contribution < -0.4 is 0 Å². The van der Waals surface area contributed by atoms with Crippen LogP contribution in [0.2, 0.25) is 0 Å². The van der Waals surface area contributed by atoms with Crippen molar-refractivity contribution in [2.45, 2.75) is 52.7 Å². The number of fused-ring (bicyclic) bond motifs is 1. The van der Waals surface area contributed by atoms with E-state index in [9.17, 15) is 4.79 Å². The minimum atomic E-state index is -0.444. The number of hydrogen-bond acceptors (Lipinski definition) is 2. The van der Waals surface area contributed by atoms with Crippen LogP contribution in [0, 0.1) is 0 Å². The summed E-state index contributed by atoms with van der Waals surface area (Å²) >= 11 is 3.63. The number of rotatable bonds is 1. The first-order valence-electron chi connectivity index (χ1n) is 7.08. The van der Waals surface area contributed by atoms with E-state index in [1.165, 1.54) is 16.7 Å². The van der Waals surface area contributed by atoms with E-state index >= 15 is 0 Å². The van der Waals surface area contributed by atoms with Crippen LogP contribution in [0.4, 0.5) is 4.79 Å². The Morgan fingerprint density at radius 3 is 2.70 bits per heavy atom. The smallest absolute Gasteiger partial charge is 0.410 e. The highest BCUT2D eigenvalue weighted by Crippen LogP contribution is 2.29. The Morgan fingerprint density at radius 1 is 1.40 bits per heavy atom. The van der Waals surface area contributed by atoms with Gasteiger partial charge in [-0.15, -0.1) is 0 Å². The summed E-state index contributed by atoms with van der Waals surface area (Å²) in [6, 6.07) is 4.41. The Labute approximate surface area is 129 Å². The molecular formula is C16H22BrNO2. The van der Waals surface area contributed by atoms with E-state index in [2.05, 4.69) is 35.0 Å². The zero-order chi connectivity index (χ0) is 14.9. The molecule has 1 aromatic carbocycles. The summed E-state index contributed by atoms with van der Waals surface area (Å²) < 4.78 is 6.55. The normalized spacial score (nSPS) is 14.9. The summed E-state index contributed by atoms with van der Waals surface area (Å²) in [4.78, 5) is 13.9. The maximum Gasteiger partial charge on any atom is 0.410 e. The van der Waals surface area contributed by atoms with E-state index in [4.69, 9.17) is 4.74 Å². The molecule has 4 heteroatoms. The van der Waals surface area contributed by atoms with Crippen molar-refractivity contribution >= 4 is 22.0 Å². The first-order chi connectivity index (χ1) is 9.30. The van der Waals surface area contributed by atoms with Gasteiger partial charge < -0.3 is 9.64 Å². The Balaban J connectivity index is 2.17. The lowest BCUT2D eigenvalue weighted by Crippen LogP contribution is -2.40. The molecule has 1 aliphatic heterocycles. The summed E-state index contributed by atoms with van der Waals surface area (Å²) in [5.41, 5.74) is 3.44. The number of ether oxygens (including phenoxy) is 1. The molecule has 1 aromatic rings. The van der Waals surface area contributed by atoms with Crippen LogP contribution >= 0.6 is 15.9 Å². The molecule has 0 bridgehead atoms. The minimum Gasteiger partial charge on any atom is -0.444 e. The lowest BCUT2D eigenvalue weighted by Gasteiger charge is -2.32. The van der Waals surface area contributed by atoms with Crippen LogP contribution in [-0.4, -0.2) is 23.1 Å². The SMILES string of the molecule is CCc1cc(Br)c2c(c1)CCN(C(=O)OC(C)(C)C)C2. The Kier molecular flexibility index (Phi) is 4.43. The van der Waals surface area contributed by atoms with Gasteiger partial charge in [-0.3, -0.25) is 0 Å². The second kappa shape index (κ2) is 5.76. The summed E-state index contributed by atoms with van der Waals surface area (Å²) in [6.45, 7) is 9.19. The van der Waals surface area contributed by atoms with Gasteiger partial charge in [0, 0.05) is 11.0 Å². The molecule has 20 heavy (non-hydrogen) atoms. The zero-order valence-electron chi connectivity index (χ0n) is 12.6. The van der Waals surface area contributed by atoms with Gasteiger partial charge in [0.25, 0.3) is 0 Å². The number of halogens is 1. The third-order valence-corrected chi connectivity index (χ3v) is 4.12. The molecule has 0 unspecified atom stereocenters. The zero-order valence-corrected chi connectivity index (χ0v) is 14.2. The van der Waals surface area contributed by atoms with Crippen molar-refractivity contribution in [3.63, 3.8) is 0 Å². The van der Waals surface area contributed by atoms with Gasteiger partial charge in [-0.25, -0.2) is 4.79 Å². The van der Waals surface area contributed by atoms with Crippen molar-refractivity contribution in [1.82, 2.24) is 4.90 Å². The quantitative estimate of drug-likeness (QED) is 0.763. The van der Waals surface area contributed by atoms with E-state index < -0.39 is 5.60 Å². The van der Waals surface area contributed by atoms with Gasteiger partial charge in [0.1, 0.15) is 5.60 Å². The first-order valence-corrected chi connectivity index (χ1v) is 7.87. The predicted octanol–water partition coefficient (Wildman–Crippen LogP) is 4.30. The average Bonchev–Trinajstić information content (AvgIpc) is 2.36. The van der Waals surface area contributed by atoms with Crippen molar-refractivity contribution in [3.05, 3.63) is 33.3 Å². The number of nitrogens with zero attached hydrogens (tertiary/aromatic N) is 1. The van der Waals surface area contributed by atoms with Crippen molar-refractivity contribution in [1.29, 1.82) is 0 Å². The Hall–Kier alpha value is -1.03. The highest BCUT2D eigenvalue weighted by atomic mass is 79.9. The van der Waals surface area contributed by atoms with Crippen molar-refractivity contribution in [3.8, 4) is 0 Å². The molecule has 0 aromatic heterocycles. The lowest BCUT2D eigenvalue weighted by atomic mass is 9.97. The second-order valence-corrected chi connectivity index (χ2v) is 7.08. The molecule has 1 amide bonds. The maximum atomic E-state index is 12.1. The first kappa shape index (κ1) is 15.4. The number of amides is 1. The number of aryl methyl sites for hydroxylation is 1. The molecule has 110 valence electrons. The predicted molar refractivity (Wildman–Crippen MR) is 83.9 cm³/mol. The van der Waals surface area contributed by atoms with Crippen LogP contribution in [0.25, 0.3) is 0 Å². The standard InChI is InChI=1S/C16H22BrNO2/c1-5-11-8-12-6-7-18(10-13(12)14(17)9-11)15(19)20-16(2,3)4/h8-9H,5-7,10H2,1-4H3. The van der Waals surface area contributed by atoms with Gasteiger partial charge in [-0.1, -0.05) is 28.9 Å². The molecule has 0 fully saturated rings. The fourth-order valence-corrected chi connectivity index (χ4v) is 3.04. The largest absolute Gasteiger partial charge is 0.444 e. The average molecular weight is 340 g/mol. The molecule has 0 saturated heterocycles. The highest BCUT2D eigenvalue weighted by molar-refractivity contribution is 9.10. The summed E-state index contributed by atoms with van der Waals surface area (Å²) in [5.74, 6) is 0. The van der Waals surface area contributed by atoms with Gasteiger partial charge in [0.2, 0.25) is 0 Å². The molecule has 0 aliphatic carbocycles. The molecule has 1 heterocycles. The van der Waals surface area contributed by atoms with Gasteiger partial charge >= 0.3 is 6.09 Å². The topological polar surface area (TPSA) is 29.5 Å². The summed E-state index contributed by atoms with van der Waals surface area (Å²) in [6.07, 6.45) is 1.69. The van der Waals surface area contributed by atoms with E-state index in [0.717, 1.165) is 23.9 Å². The molecule has 3 nitrogen and oxygen atoms in total. The molecule has 0 radical (unpaired) electrons. The lowest BCUT2D eigenvalue weighted by molar-refractivity contribution is 0.0223. The number of hydrogen-bond donors (Lipinski definition) is 0. The van der Waals surface area contributed by atoms with Gasteiger partial charge in [-0.2, -0.15) is 0 Å². The summed E-state index contributed by atoms with van der Waals surface area (Å²) in [5, 5.41) is 0. The van der Waals surface area contributed by atoms with Crippen LogP contribution in [0.5, 0.6) is 0 Å². The van der Waals surface area contributed by atoms with Crippen LogP contribution in [0.3, 0.4) is 0 Å². The third kappa shape index (κ3) is 3.54. The molecule has 2 rings (SSSR count). The van der Waals surface area contributed by atoms with Crippen molar-refractivity contribution in [2.75, 3.05) is 6.54 Å². The number of benzene rings is 1. The van der Waals surface area contributed by atoms with Gasteiger partial charge in [-0.05, 0) is 56.4 Å². The number of carbonyl (C=O) groups excluding carboxylic acids is 1. The number of carbonyl (C=O) groups is 1. The minimum absolute atomic E-state index is 0.227. The highest BCUT2D eigenvalue weighted by Gasteiger charge is 2.26. The van der Waals surface area contributed by atoms with Crippen LogP contribution in [-0.2, 0) is 24.1 Å². The molecule has 0 saturated carbocycles. The van der Waals surface area contributed by atoms with E-state index in [1.54, 1.807) is 4.90 Å². The van der Waals surface area contributed by atoms with E-state index in [-0.39, 0.29) is 6.09 Å². The summed E-state index contributed by atoms with van der Waals surface area (Å²) in [7, 11) is 0. The monoisotopic (exact) mass is 339 g/mol. The molecule has 1 aliphatic rings. The molecule has 0 N–H and O–H groups in total. The van der Waals surface area contributed by atoms with Crippen LogP contribution in [0.15, 0.2) is 16.6 Å². The van der Waals surface area contributed by atoms with Crippen molar-refractivity contribution < 1.29 is 9.53 Å². The molecule has 0 spiro atoms. The fourth-order valence-electron chi connectivity index (χ4n) is 2.37. The van der Waals surface area contributed by atoms with Gasteiger partial charge in [0.05, 0.1) is 6.54 Å². The van der Waals surface area contributed by atoms with Gasteiger partial charge in [0.15, 0.2) is 0 Å². The Morgan fingerprint density at radius 2 is 2.10 bits per heavy atom. The third-order valence-electron chi connectivity index (χ3n) is 3.41. The second-order valence-electron chi connectivity index (χ2n) is 6.22. The van der Waals surface area contributed by atoms with Crippen molar-refractivity contribution in [2.24, 2.45) is 0 Å².